The highest BCUT2D eigenvalue weighted by molar-refractivity contribution is 4.75. The number of rotatable bonds is 10. The van der Waals surface area contributed by atoms with E-state index in [9.17, 15) is 0 Å². The van der Waals surface area contributed by atoms with E-state index in [0.717, 1.165) is 44.5 Å². The third-order valence-electron chi connectivity index (χ3n) is 4.93. The normalized spacial score (nSPS) is 30.0. The van der Waals surface area contributed by atoms with Crippen LogP contribution in [0.15, 0.2) is 0 Å². The maximum absolute atomic E-state index is 5.76. The Morgan fingerprint density at radius 1 is 0.905 bits per heavy atom. The maximum Gasteiger partial charge on any atom is 0.282 e. The Kier molecular flexibility index (Phi) is 6.97. The largest absolute Gasteiger partial charge is 0.327 e. The number of fused-ring (bicyclic) bond motifs is 3. The molecule has 0 radical (unpaired) electrons. The van der Waals surface area contributed by atoms with Crippen molar-refractivity contribution >= 4 is 0 Å². The van der Waals surface area contributed by atoms with E-state index in [1.165, 1.54) is 38.5 Å². The second-order valence-electron chi connectivity index (χ2n) is 7.33. The lowest BCUT2D eigenvalue weighted by Crippen LogP contribution is -2.53. The van der Waals surface area contributed by atoms with Crippen molar-refractivity contribution in [2.75, 3.05) is 19.8 Å². The van der Waals surface area contributed by atoms with Crippen LogP contribution >= 0.6 is 0 Å². The summed E-state index contributed by atoms with van der Waals surface area (Å²) in [6, 6.07) is 0. The molecular formula is C18H34O3. The predicted molar refractivity (Wildman–Crippen MR) is 85.0 cm³/mol. The third kappa shape index (κ3) is 5.54. The van der Waals surface area contributed by atoms with Gasteiger partial charge in [0.2, 0.25) is 0 Å². The van der Waals surface area contributed by atoms with Gasteiger partial charge in [0, 0.05) is 12.3 Å². The van der Waals surface area contributed by atoms with Crippen LogP contribution in [0.3, 0.4) is 0 Å². The summed E-state index contributed by atoms with van der Waals surface area (Å²) in [6.45, 7) is 9.39. The summed E-state index contributed by atoms with van der Waals surface area (Å²) in [5.41, 5.74) is 0. The van der Waals surface area contributed by atoms with Gasteiger partial charge >= 0.3 is 0 Å². The third-order valence-corrected chi connectivity index (χ3v) is 4.93. The standard InChI is InChI=1S/C18H34O3/c1-4-16(9-6-5-8-15(2)3)10-7-11-18-19-12-17(13-20-18)14-21-18/h15-17H,4-14H2,1-3H3. The predicted octanol–water partition coefficient (Wildman–Crippen LogP) is 4.75. The summed E-state index contributed by atoms with van der Waals surface area (Å²) < 4.78 is 17.3. The van der Waals surface area contributed by atoms with Gasteiger partial charge in [0.1, 0.15) is 0 Å². The lowest BCUT2D eigenvalue weighted by Gasteiger charge is -2.45. The second kappa shape index (κ2) is 8.50. The van der Waals surface area contributed by atoms with E-state index in [-0.39, 0.29) is 0 Å². The van der Waals surface area contributed by atoms with Crippen LogP contribution < -0.4 is 0 Å². The van der Waals surface area contributed by atoms with Crippen LogP contribution in [0.25, 0.3) is 0 Å². The summed E-state index contributed by atoms with van der Waals surface area (Å²) in [5, 5.41) is 0. The van der Waals surface area contributed by atoms with E-state index in [0.29, 0.717) is 5.92 Å². The van der Waals surface area contributed by atoms with Crippen molar-refractivity contribution in [3.05, 3.63) is 0 Å². The molecule has 1 unspecified atom stereocenters. The zero-order valence-corrected chi connectivity index (χ0v) is 14.2. The van der Waals surface area contributed by atoms with Gasteiger partial charge in [-0.15, -0.1) is 0 Å². The van der Waals surface area contributed by atoms with Gasteiger partial charge in [0.15, 0.2) is 0 Å². The highest BCUT2D eigenvalue weighted by Crippen LogP contribution is 2.35. The Morgan fingerprint density at radius 2 is 1.48 bits per heavy atom. The summed E-state index contributed by atoms with van der Waals surface area (Å²) in [4.78, 5) is 0. The molecule has 3 saturated heterocycles. The van der Waals surface area contributed by atoms with Gasteiger partial charge in [-0.1, -0.05) is 59.3 Å². The first-order chi connectivity index (χ1) is 10.1. The molecule has 124 valence electrons. The van der Waals surface area contributed by atoms with Crippen LogP contribution in [0.1, 0.15) is 72.1 Å². The lowest BCUT2D eigenvalue weighted by atomic mass is 9.92. The molecule has 0 aromatic carbocycles. The van der Waals surface area contributed by atoms with Crippen LogP contribution in [0.2, 0.25) is 0 Å². The monoisotopic (exact) mass is 298 g/mol. The molecule has 3 aliphatic rings. The summed E-state index contributed by atoms with van der Waals surface area (Å²) in [5.74, 6) is 1.46. The molecule has 1 atom stereocenters. The molecule has 0 N–H and O–H groups in total. The first kappa shape index (κ1) is 17.2. The number of unbranched alkanes of at least 4 members (excludes halogenated alkanes) is 1. The van der Waals surface area contributed by atoms with Crippen LogP contribution in [-0.4, -0.2) is 25.8 Å². The van der Waals surface area contributed by atoms with Gasteiger partial charge in [0.05, 0.1) is 19.8 Å². The average molecular weight is 298 g/mol. The molecule has 2 bridgehead atoms. The van der Waals surface area contributed by atoms with Gasteiger partial charge < -0.3 is 14.2 Å². The molecule has 0 aromatic rings. The summed E-state index contributed by atoms with van der Waals surface area (Å²) >= 11 is 0. The van der Waals surface area contributed by atoms with Gasteiger partial charge in [-0.3, -0.25) is 0 Å². The van der Waals surface area contributed by atoms with E-state index < -0.39 is 5.97 Å². The molecule has 3 heterocycles. The summed E-state index contributed by atoms with van der Waals surface area (Å²) in [7, 11) is 0. The van der Waals surface area contributed by atoms with Crippen molar-refractivity contribution in [2.24, 2.45) is 17.8 Å². The van der Waals surface area contributed by atoms with Crippen molar-refractivity contribution in [1.29, 1.82) is 0 Å². The minimum absolute atomic E-state index is 0.455. The second-order valence-corrected chi connectivity index (χ2v) is 7.33. The molecule has 0 aliphatic carbocycles. The molecule has 3 nitrogen and oxygen atoms in total. The smallest absolute Gasteiger partial charge is 0.282 e. The number of hydrogen-bond acceptors (Lipinski definition) is 3. The molecule has 0 spiro atoms. The van der Waals surface area contributed by atoms with Gasteiger partial charge in [0.25, 0.3) is 5.97 Å². The maximum atomic E-state index is 5.76. The highest BCUT2D eigenvalue weighted by Gasteiger charge is 2.44. The van der Waals surface area contributed by atoms with Crippen molar-refractivity contribution in [3.63, 3.8) is 0 Å². The molecular weight excluding hydrogens is 264 g/mol. The number of ether oxygens (including phenoxy) is 3. The zero-order chi connectivity index (χ0) is 15.1. The van der Waals surface area contributed by atoms with Crippen molar-refractivity contribution in [1.82, 2.24) is 0 Å². The van der Waals surface area contributed by atoms with E-state index in [1.54, 1.807) is 0 Å². The highest BCUT2D eigenvalue weighted by atomic mass is 16.9. The Balaban J connectivity index is 1.59. The van der Waals surface area contributed by atoms with Gasteiger partial charge in [-0.05, 0) is 18.3 Å². The molecule has 21 heavy (non-hydrogen) atoms. The van der Waals surface area contributed by atoms with Crippen molar-refractivity contribution in [2.45, 2.75) is 78.1 Å². The van der Waals surface area contributed by atoms with Crippen LogP contribution in [0, 0.1) is 17.8 Å². The first-order valence-corrected chi connectivity index (χ1v) is 9.05. The quantitative estimate of drug-likeness (QED) is 0.545. The minimum atomic E-state index is -0.690. The molecule has 0 saturated carbocycles. The average Bonchev–Trinajstić information content (AvgIpc) is 2.51. The molecule has 0 aromatic heterocycles. The number of hydrogen-bond donors (Lipinski definition) is 0. The molecule has 0 amide bonds. The topological polar surface area (TPSA) is 27.7 Å². The van der Waals surface area contributed by atoms with E-state index in [1.807, 2.05) is 0 Å². The van der Waals surface area contributed by atoms with Gasteiger partial charge in [-0.25, -0.2) is 0 Å². The van der Waals surface area contributed by atoms with Gasteiger partial charge in [-0.2, -0.15) is 0 Å². The van der Waals surface area contributed by atoms with Crippen LogP contribution in [-0.2, 0) is 14.2 Å². The Bertz CT molecular complexity index is 268. The van der Waals surface area contributed by atoms with Crippen molar-refractivity contribution < 1.29 is 14.2 Å². The molecule has 3 fully saturated rings. The molecule has 3 rings (SSSR count). The fraction of sp³-hybridized carbons (Fsp3) is 1.00. The SMILES string of the molecule is CCC(CCCCC(C)C)CCCC12OCC(CO1)CO2. The lowest BCUT2D eigenvalue weighted by molar-refractivity contribution is -0.450. The van der Waals surface area contributed by atoms with Crippen LogP contribution in [0.4, 0.5) is 0 Å². The summed E-state index contributed by atoms with van der Waals surface area (Å²) in [6.07, 6.45) is 10.1. The van der Waals surface area contributed by atoms with E-state index in [4.69, 9.17) is 14.2 Å². The fourth-order valence-electron chi connectivity index (χ4n) is 3.37. The fourth-order valence-corrected chi connectivity index (χ4v) is 3.37. The molecule has 3 heteroatoms. The Morgan fingerprint density at radius 3 is 2.05 bits per heavy atom. The van der Waals surface area contributed by atoms with Crippen molar-refractivity contribution in [3.8, 4) is 0 Å². The first-order valence-electron chi connectivity index (χ1n) is 9.05. The zero-order valence-electron chi connectivity index (χ0n) is 14.2. The van der Waals surface area contributed by atoms with E-state index in [2.05, 4.69) is 20.8 Å². The van der Waals surface area contributed by atoms with E-state index >= 15 is 0 Å². The molecule has 3 aliphatic heterocycles. The Hall–Kier alpha value is -0.120. The minimum Gasteiger partial charge on any atom is -0.327 e. The van der Waals surface area contributed by atoms with Crippen LogP contribution in [0.5, 0.6) is 0 Å². The Labute approximate surface area is 130 Å².